The van der Waals surface area contributed by atoms with E-state index >= 15 is 0 Å². The number of nitriles is 2. The molecule has 0 saturated carbocycles. The molecule has 0 radical (unpaired) electrons. The maximum atomic E-state index is 13.8. The Morgan fingerprint density at radius 3 is 1.84 bits per heavy atom. The number of nitrogens with two attached hydrogens (primary N) is 1. The maximum Gasteiger partial charge on any atom is 0.244 e. The number of carbonyl (C=O) groups excluding carboxylic acids is 1. The highest BCUT2D eigenvalue weighted by atomic mass is 32.2. The van der Waals surface area contributed by atoms with Crippen molar-refractivity contribution < 1.29 is 4.79 Å². The number of para-hydroxylation sites is 2. The standard InChI is InChI=1S/C31H27N5OS/c1-20(2)22-14-16-23(17-15-22)28-26(18-32)29(34)35-30(27(28)19-33)38-21(3)31(37)36(24-10-6-4-7-11-24)25-12-8-5-9-13-25/h4-17,20-21H,1-3H3,(H2,34,35). The molecule has 0 fully saturated rings. The SMILES string of the molecule is CC(Sc1nc(N)c(C#N)c(-c2ccc(C(C)C)cc2)c1C#N)C(=O)N(c1ccccc1)c1ccccc1. The lowest BCUT2D eigenvalue weighted by Gasteiger charge is -2.26. The van der Waals surface area contributed by atoms with Crippen LogP contribution in [0.4, 0.5) is 17.2 Å². The van der Waals surface area contributed by atoms with Gasteiger partial charge in [-0.15, -0.1) is 0 Å². The number of benzene rings is 3. The fourth-order valence-corrected chi connectivity index (χ4v) is 5.12. The zero-order valence-electron chi connectivity index (χ0n) is 21.4. The molecular weight excluding hydrogens is 490 g/mol. The monoisotopic (exact) mass is 517 g/mol. The Hall–Kier alpha value is -4.59. The minimum Gasteiger partial charge on any atom is -0.383 e. The molecule has 7 heteroatoms. The van der Waals surface area contributed by atoms with Gasteiger partial charge in [-0.25, -0.2) is 4.98 Å². The summed E-state index contributed by atoms with van der Waals surface area (Å²) in [6, 6.07) is 30.9. The lowest BCUT2D eigenvalue weighted by Crippen LogP contribution is -2.33. The van der Waals surface area contributed by atoms with Crippen molar-refractivity contribution in [1.82, 2.24) is 4.98 Å². The maximum absolute atomic E-state index is 13.8. The third-order valence-corrected chi connectivity index (χ3v) is 7.24. The van der Waals surface area contributed by atoms with Gasteiger partial charge in [0, 0.05) is 16.9 Å². The van der Waals surface area contributed by atoms with Crippen LogP contribution in [-0.4, -0.2) is 16.1 Å². The van der Waals surface area contributed by atoms with Gasteiger partial charge in [-0.3, -0.25) is 9.69 Å². The van der Waals surface area contributed by atoms with Crippen LogP contribution in [0.25, 0.3) is 11.1 Å². The number of anilines is 3. The zero-order valence-corrected chi connectivity index (χ0v) is 22.2. The molecule has 0 bridgehead atoms. The van der Waals surface area contributed by atoms with E-state index in [1.165, 1.54) is 0 Å². The first kappa shape index (κ1) is 26.5. The third-order valence-electron chi connectivity index (χ3n) is 6.17. The van der Waals surface area contributed by atoms with E-state index < -0.39 is 5.25 Å². The molecule has 1 amide bonds. The molecule has 3 aromatic carbocycles. The molecule has 0 saturated heterocycles. The van der Waals surface area contributed by atoms with Crippen molar-refractivity contribution in [2.45, 2.75) is 37.0 Å². The summed E-state index contributed by atoms with van der Waals surface area (Å²) in [5.74, 6) is 0.191. The second kappa shape index (κ2) is 11.6. The van der Waals surface area contributed by atoms with Gasteiger partial charge in [-0.2, -0.15) is 10.5 Å². The molecule has 0 aliphatic carbocycles. The van der Waals surface area contributed by atoms with Crippen molar-refractivity contribution in [3.8, 4) is 23.3 Å². The Kier molecular flexibility index (Phi) is 8.11. The fourth-order valence-electron chi connectivity index (χ4n) is 4.16. The predicted molar refractivity (Wildman–Crippen MR) is 153 cm³/mol. The molecule has 2 N–H and O–H groups in total. The van der Waals surface area contributed by atoms with Crippen LogP contribution in [0, 0.1) is 22.7 Å². The van der Waals surface area contributed by atoms with E-state index in [4.69, 9.17) is 5.73 Å². The summed E-state index contributed by atoms with van der Waals surface area (Å²) in [5.41, 5.74) is 10.3. The summed E-state index contributed by atoms with van der Waals surface area (Å²) in [6.45, 7) is 5.98. The first-order valence-corrected chi connectivity index (χ1v) is 13.1. The van der Waals surface area contributed by atoms with Crippen molar-refractivity contribution in [2.75, 3.05) is 10.6 Å². The molecule has 1 atom stereocenters. The number of hydrogen-bond acceptors (Lipinski definition) is 6. The summed E-state index contributed by atoms with van der Waals surface area (Å²) in [6.07, 6.45) is 0. The number of thioether (sulfide) groups is 1. The van der Waals surface area contributed by atoms with Gasteiger partial charge in [0.05, 0.1) is 10.8 Å². The van der Waals surface area contributed by atoms with Gasteiger partial charge in [0.1, 0.15) is 28.5 Å². The van der Waals surface area contributed by atoms with Crippen LogP contribution in [0.3, 0.4) is 0 Å². The van der Waals surface area contributed by atoms with E-state index in [1.54, 1.807) is 11.8 Å². The van der Waals surface area contributed by atoms with E-state index in [1.807, 2.05) is 84.9 Å². The molecule has 0 spiro atoms. The first-order chi connectivity index (χ1) is 18.3. The van der Waals surface area contributed by atoms with E-state index in [0.717, 1.165) is 28.7 Å². The molecule has 0 aliphatic rings. The van der Waals surface area contributed by atoms with Gasteiger partial charge in [0.2, 0.25) is 5.91 Å². The first-order valence-electron chi connectivity index (χ1n) is 12.2. The summed E-state index contributed by atoms with van der Waals surface area (Å²) >= 11 is 1.16. The van der Waals surface area contributed by atoms with Crippen molar-refractivity contribution in [1.29, 1.82) is 10.5 Å². The molecule has 0 aliphatic heterocycles. The van der Waals surface area contributed by atoms with Crippen LogP contribution in [0.1, 0.15) is 43.4 Å². The second-order valence-electron chi connectivity index (χ2n) is 9.03. The van der Waals surface area contributed by atoms with Gasteiger partial charge in [0.25, 0.3) is 0 Å². The molecule has 1 unspecified atom stereocenters. The van der Waals surface area contributed by atoms with E-state index in [0.29, 0.717) is 22.1 Å². The molecule has 4 rings (SSSR count). The number of rotatable bonds is 7. The number of aromatic nitrogens is 1. The Bertz CT molecular complexity index is 1480. The highest BCUT2D eigenvalue weighted by Crippen LogP contribution is 2.38. The Morgan fingerprint density at radius 2 is 1.37 bits per heavy atom. The minimum absolute atomic E-state index is 0.0274. The van der Waals surface area contributed by atoms with Crippen LogP contribution in [0.2, 0.25) is 0 Å². The Labute approximate surface area is 227 Å². The number of carbonyl (C=O) groups is 1. The predicted octanol–water partition coefficient (Wildman–Crippen LogP) is 7.04. The number of amides is 1. The average molecular weight is 518 g/mol. The Morgan fingerprint density at radius 1 is 0.842 bits per heavy atom. The molecule has 1 aromatic heterocycles. The molecular formula is C31H27N5OS. The normalized spacial score (nSPS) is 11.4. The largest absolute Gasteiger partial charge is 0.383 e. The van der Waals surface area contributed by atoms with Gasteiger partial charge >= 0.3 is 0 Å². The minimum atomic E-state index is -0.612. The van der Waals surface area contributed by atoms with Crippen molar-refractivity contribution in [3.63, 3.8) is 0 Å². The number of pyridine rings is 1. The third kappa shape index (κ3) is 5.39. The van der Waals surface area contributed by atoms with Gasteiger partial charge in [-0.05, 0) is 48.2 Å². The summed E-state index contributed by atoms with van der Waals surface area (Å²) in [4.78, 5) is 19.9. The van der Waals surface area contributed by atoms with Crippen molar-refractivity contribution in [3.05, 3.63) is 102 Å². The molecule has 6 nitrogen and oxygen atoms in total. The van der Waals surface area contributed by atoms with Crippen LogP contribution in [0.15, 0.2) is 90.0 Å². The quantitative estimate of drug-likeness (QED) is 0.263. The highest BCUT2D eigenvalue weighted by Gasteiger charge is 2.28. The molecule has 188 valence electrons. The number of hydrogen-bond donors (Lipinski definition) is 1. The van der Waals surface area contributed by atoms with E-state index in [2.05, 4.69) is 31.0 Å². The lowest BCUT2D eigenvalue weighted by molar-refractivity contribution is -0.117. The van der Waals surface area contributed by atoms with Crippen LogP contribution in [-0.2, 0) is 4.79 Å². The average Bonchev–Trinajstić information content (AvgIpc) is 2.94. The van der Waals surface area contributed by atoms with Crippen molar-refractivity contribution in [2.24, 2.45) is 0 Å². The smallest absolute Gasteiger partial charge is 0.244 e. The zero-order chi connectivity index (χ0) is 27.2. The van der Waals surface area contributed by atoms with E-state index in [9.17, 15) is 15.3 Å². The Balaban J connectivity index is 1.76. The summed E-state index contributed by atoms with van der Waals surface area (Å²) in [7, 11) is 0. The molecule has 4 aromatic rings. The van der Waals surface area contributed by atoms with E-state index in [-0.39, 0.29) is 22.9 Å². The number of nitrogen functional groups attached to an aromatic ring is 1. The van der Waals surface area contributed by atoms with Crippen LogP contribution in [0.5, 0.6) is 0 Å². The summed E-state index contributed by atoms with van der Waals surface area (Å²) in [5, 5.41) is 19.7. The molecule has 1 heterocycles. The van der Waals surface area contributed by atoms with Crippen LogP contribution < -0.4 is 10.6 Å². The molecule has 38 heavy (non-hydrogen) atoms. The van der Waals surface area contributed by atoms with Gasteiger partial charge in [0.15, 0.2) is 0 Å². The topological polar surface area (TPSA) is 107 Å². The van der Waals surface area contributed by atoms with Gasteiger partial charge < -0.3 is 5.73 Å². The lowest BCUT2D eigenvalue weighted by atomic mass is 9.94. The van der Waals surface area contributed by atoms with Crippen LogP contribution >= 0.6 is 11.8 Å². The summed E-state index contributed by atoms with van der Waals surface area (Å²) < 4.78 is 0. The van der Waals surface area contributed by atoms with Gasteiger partial charge in [-0.1, -0.05) is 86.3 Å². The highest BCUT2D eigenvalue weighted by molar-refractivity contribution is 8.00. The number of nitrogens with zero attached hydrogens (tertiary/aromatic N) is 4. The second-order valence-corrected chi connectivity index (χ2v) is 10.4. The van der Waals surface area contributed by atoms with Crippen molar-refractivity contribution >= 4 is 34.9 Å². The fraction of sp³-hybridized carbons (Fsp3) is 0.161.